The van der Waals surface area contributed by atoms with Gasteiger partial charge in [-0.1, -0.05) is 56.5 Å². The lowest BCUT2D eigenvalue weighted by Crippen LogP contribution is -2.16. The SMILES string of the molecule is CCCC(C)CC(CN)c1ccccc1Cl. The number of hydrogen-bond donors (Lipinski definition) is 1. The van der Waals surface area contributed by atoms with Crippen molar-refractivity contribution in [1.29, 1.82) is 0 Å². The first-order valence-corrected chi connectivity index (χ1v) is 6.51. The monoisotopic (exact) mass is 239 g/mol. The van der Waals surface area contributed by atoms with Gasteiger partial charge in [0.2, 0.25) is 0 Å². The van der Waals surface area contributed by atoms with Crippen LogP contribution in [0.2, 0.25) is 5.02 Å². The Balaban J connectivity index is 2.71. The number of benzene rings is 1. The Morgan fingerprint density at radius 2 is 2.00 bits per heavy atom. The summed E-state index contributed by atoms with van der Waals surface area (Å²) in [6.45, 7) is 5.20. The molecule has 0 fully saturated rings. The topological polar surface area (TPSA) is 26.0 Å². The molecule has 0 saturated heterocycles. The van der Waals surface area contributed by atoms with E-state index >= 15 is 0 Å². The van der Waals surface area contributed by atoms with Crippen LogP contribution in [0.4, 0.5) is 0 Å². The van der Waals surface area contributed by atoms with Crippen LogP contribution in [0.1, 0.15) is 44.6 Å². The summed E-state index contributed by atoms with van der Waals surface area (Å²) in [6.07, 6.45) is 3.63. The third-order valence-electron chi connectivity index (χ3n) is 3.10. The summed E-state index contributed by atoms with van der Waals surface area (Å²) in [5, 5.41) is 0.849. The molecule has 2 unspecified atom stereocenters. The zero-order chi connectivity index (χ0) is 12.0. The summed E-state index contributed by atoms with van der Waals surface area (Å²) in [5.74, 6) is 1.12. The molecule has 0 aliphatic carbocycles. The van der Waals surface area contributed by atoms with E-state index in [0.717, 1.165) is 17.4 Å². The largest absolute Gasteiger partial charge is 0.330 e. The smallest absolute Gasteiger partial charge is 0.0441 e. The molecule has 0 aromatic heterocycles. The van der Waals surface area contributed by atoms with Gasteiger partial charge in [0.25, 0.3) is 0 Å². The van der Waals surface area contributed by atoms with Crippen LogP contribution < -0.4 is 5.73 Å². The number of rotatable bonds is 6. The predicted molar refractivity (Wildman–Crippen MR) is 71.9 cm³/mol. The Bertz CT molecular complexity index is 311. The second-order valence-electron chi connectivity index (χ2n) is 4.58. The average molecular weight is 240 g/mol. The van der Waals surface area contributed by atoms with E-state index in [-0.39, 0.29) is 0 Å². The van der Waals surface area contributed by atoms with Crippen molar-refractivity contribution in [2.75, 3.05) is 6.54 Å². The van der Waals surface area contributed by atoms with Gasteiger partial charge in [0.1, 0.15) is 0 Å². The van der Waals surface area contributed by atoms with Crippen LogP contribution in [0.25, 0.3) is 0 Å². The molecule has 0 saturated carbocycles. The number of hydrogen-bond acceptors (Lipinski definition) is 1. The maximum Gasteiger partial charge on any atom is 0.0441 e. The van der Waals surface area contributed by atoms with Gasteiger partial charge in [0.15, 0.2) is 0 Å². The quantitative estimate of drug-likeness (QED) is 0.791. The van der Waals surface area contributed by atoms with E-state index in [1.807, 2.05) is 18.2 Å². The highest BCUT2D eigenvalue weighted by atomic mass is 35.5. The summed E-state index contributed by atoms with van der Waals surface area (Å²) >= 11 is 6.20. The maximum atomic E-state index is 6.20. The summed E-state index contributed by atoms with van der Waals surface area (Å²) < 4.78 is 0. The molecule has 1 aromatic carbocycles. The molecular formula is C14H22ClN. The van der Waals surface area contributed by atoms with Crippen molar-refractivity contribution < 1.29 is 0 Å². The first kappa shape index (κ1) is 13.5. The molecule has 0 radical (unpaired) electrons. The molecule has 0 heterocycles. The highest BCUT2D eigenvalue weighted by Gasteiger charge is 2.15. The number of nitrogens with two attached hydrogens (primary N) is 1. The fourth-order valence-electron chi connectivity index (χ4n) is 2.25. The fraction of sp³-hybridized carbons (Fsp3) is 0.571. The van der Waals surface area contributed by atoms with Crippen molar-refractivity contribution >= 4 is 11.6 Å². The molecule has 0 bridgehead atoms. The van der Waals surface area contributed by atoms with E-state index in [1.54, 1.807) is 0 Å². The predicted octanol–water partition coefficient (Wildman–Crippen LogP) is 4.21. The Morgan fingerprint density at radius 3 is 2.56 bits per heavy atom. The molecular weight excluding hydrogens is 218 g/mol. The third kappa shape index (κ3) is 3.80. The molecule has 0 aliphatic rings. The number of halogens is 1. The van der Waals surface area contributed by atoms with Crippen LogP contribution in [0.3, 0.4) is 0 Å². The zero-order valence-corrected chi connectivity index (χ0v) is 11.0. The highest BCUT2D eigenvalue weighted by molar-refractivity contribution is 6.31. The van der Waals surface area contributed by atoms with Gasteiger partial charge in [0.05, 0.1) is 0 Å². The maximum absolute atomic E-state index is 6.20. The molecule has 90 valence electrons. The van der Waals surface area contributed by atoms with Crippen LogP contribution in [0.15, 0.2) is 24.3 Å². The van der Waals surface area contributed by atoms with Crippen LogP contribution >= 0.6 is 11.6 Å². The van der Waals surface area contributed by atoms with E-state index in [9.17, 15) is 0 Å². The van der Waals surface area contributed by atoms with Gasteiger partial charge in [0, 0.05) is 5.02 Å². The Morgan fingerprint density at radius 1 is 1.31 bits per heavy atom. The van der Waals surface area contributed by atoms with Gasteiger partial charge in [-0.15, -0.1) is 0 Å². The van der Waals surface area contributed by atoms with Crippen molar-refractivity contribution in [3.05, 3.63) is 34.9 Å². The summed E-state index contributed by atoms with van der Waals surface area (Å²) in [4.78, 5) is 0. The van der Waals surface area contributed by atoms with Crippen molar-refractivity contribution in [1.82, 2.24) is 0 Å². The van der Waals surface area contributed by atoms with Gasteiger partial charge in [-0.05, 0) is 36.4 Å². The lowest BCUT2D eigenvalue weighted by atomic mass is 9.87. The lowest BCUT2D eigenvalue weighted by molar-refractivity contribution is 0.438. The van der Waals surface area contributed by atoms with Gasteiger partial charge >= 0.3 is 0 Å². The molecule has 1 rings (SSSR count). The lowest BCUT2D eigenvalue weighted by Gasteiger charge is -2.20. The molecule has 1 nitrogen and oxygen atoms in total. The Labute approximate surface area is 104 Å². The first-order valence-electron chi connectivity index (χ1n) is 6.13. The van der Waals surface area contributed by atoms with Crippen molar-refractivity contribution in [3.8, 4) is 0 Å². The second-order valence-corrected chi connectivity index (χ2v) is 4.99. The normalized spacial score (nSPS) is 14.8. The second kappa shape index (κ2) is 6.93. The molecule has 0 aliphatic heterocycles. The molecule has 1 aromatic rings. The van der Waals surface area contributed by atoms with Gasteiger partial charge < -0.3 is 5.73 Å². The van der Waals surface area contributed by atoms with Crippen LogP contribution in [0.5, 0.6) is 0 Å². The molecule has 0 spiro atoms. The van der Waals surface area contributed by atoms with E-state index in [1.165, 1.54) is 18.4 Å². The molecule has 2 atom stereocenters. The van der Waals surface area contributed by atoms with Crippen LogP contribution in [-0.4, -0.2) is 6.54 Å². The highest BCUT2D eigenvalue weighted by Crippen LogP contribution is 2.29. The summed E-state index contributed by atoms with van der Waals surface area (Å²) in [6, 6.07) is 8.05. The summed E-state index contributed by atoms with van der Waals surface area (Å²) in [5.41, 5.74) is 7.06. The standard InChI is InChI=1S/C14H22ClN/c1-3-6-11(2)9-12(10-16)13-7-4-5-8-14(13)15/h4-5,7-8,11-12H,3,6,9-10,16H2,1-2H3. The molecule has 2 heteroatoms. The van der Waals surface area contributed by atoms with Crippen molar-refractivity contribution in [2.45, 2.75) is 39.0 Å². The van der Waals surface area contributed by atoms with E-state index < -0.39 is 0 Å². The van der Waals surface area contributed by atoms with Gasteiger partial charge in [-0.25, -0.2) is 0 Å². The Hall–Kier alpha value is -0.530. The molecule has 2 N–H and O–H groups in total. The summed E-state index contributed by atoms with van der Waals surface area (Å²) in [7, 11) is 0. The zero-order valence-electron chi connectivity index (χ0n) is 10.2. The minimum Gasteiger partial charge on any atom is -0.330 e. The van der Waals surface area contributed by atoms with Crippen molar-refractivity contribution in [3.63, 3.8) is 0 Å². The van der Waals surface area contributed by atoms with Crippen LogP contribution in [0, 0.1) is 5.92 Å². The van der Waals surface area contributed by atoms with E-state index in [2.05, 4.69) is 19.9 Å². The van der Waals surface area contributed by atoms with Crippen molar-refractivity contribution in [2.24, 2.45) is 11.7 Å². The third-order valence-corrected chi connectivity index (χ3v) is 3.44. The molecule has 0 amide bonds. The van der Waals surface area contributed by atoms with Crippen LogP contribution in [-0.2, 0) is 0 Å². The molecule has 16 heavy (non-hydrogen) atoms. The average Bonchev–Trinajstić information content (AvgIpc) is 2.27. The minimum atomic E-state index is 0.398. The minimum absolute atomic E-state index is 0.398. The fourth-order valence-corrected chi connectivity index (χ4v) is 2.54. The van der Waals surface area contributed by atoms with Gasteiger partial charge in [-0.3, -0.25) is 0 Å². The van der Waals surface area contributed by atoms with E-state index in [4.69, 9.17) is 17.3 Å². The van der Waals surface area contributed by atoms with E-state index in [0.29, 0.717) is 12.5 Å². The van der Waals surface area contributed by atoms with Gasteiger partial charge in [-0.2, -0.15) is 0 Å². The Kier molecular flexibility index (Phi) is 5.86. The first-order chi connectivity index (χ1) is 7.69.